The average molecular weight is 579 g/mol. The maximum Gasteiger partial charge on any atom is 0.268 e. The van der Waals surface area contributed by atoms with E-state index in [1.165, 1.54) is 34.9 Å². The topological polar surface area (TPSA) is 104 Å². The lowest BCUT2D eigenvalue weighted by atomic mass is 10.0. The fraction of sp³-hybridized carbons (Fsp3) is 0.125. The quantitative estimate of drug-likeness (QED) is 0.269. The minimum Gasteiger partial charge on any atom is -0.350 e. The van der Waals surface area contributed by atoms with Crippen LogP contribution >= 0.6 is 11.6 Å². The molecule has 0 atom stereocenters. The van der Waals surface area contributed by atoms with Crippen LogP contribution in [0.3, 0.4) is 0 Å². The number of halogens is 2. The summed E-state index contributed by atoms with van der Waals surface area (Å²) in [4.78, 5) is 30.2. The fourth-order valence-electron chi connectivity index (χ4n) is 4.40. The van der Waals surface area contributed by atoms with E-state index in [1.54, 1.807) is 18.3 Å². The fourth-order valence-corrected chi connectivity index (χ4v) is 4.63. The van der Waals surface area contributed by atoms with Gasteiger partial charge in [-0.1, -0.05) is 35.7 Å². The van der Waals surface area contributed by atoms with Crippen LogP contribution in [0.4, 0.5) is 4.39 Å². The molecule has 0 spiro atoms. The van der Waals surface area contributed by atoms with E-state index in [2.05, 4.69) is 33.5 Å². The number of hydrogen-bond donors (Lipinski definition) is 2. The Morgan fingerprint density at radius 1 is 1.00 bits per heavy atom. The molecule has 2 aromatic carbocycles. The van der Waals surface area contributed by atoms with Crippen molar-refractivity contribution in [2.45, 2.75) is 20.0 Å². The lowest BCUT2D eigenvalue weighted by Crippen LogP contribution is -2.30. The Hall–Kier alpha value is -5.38. The third-order valence-electron chi connectivity index (χ3n) is 6.68. The van der Waals surface area contributed by atoms with E-state index in [0.29, 0.717) is 11.1 Å². The highest BCUT2D eigenvalue weighted by Crippen LogP contribution is 2.19. The number of aromatic nitrogens is 3. The molecule has 10 heteroatoms. The number of pyridine rings is 1. The Morgan fingerprint density at radius 3 is 2.67 bits per heavy atom. The van der Waals surface area contributed by atoms with E-state index < -0.39 is 11.7 Å². The van der Waals surface area contributed by atoms with E-state index in [0.717, 1.165) is 16.9 Å². The van der Waals surface area contributed by atoms with Gasteiger partial charge in [0, 0.05) is 47.5 Å². The summed E-state index contributed by atoms with van der Waals surface area (Å²) in [5, 5.41) is 15.2. The van der Waals surface area contributed by atoms with Crippen molar-refractivity contribution in [2.24, 2.45) is 0 Å². The first-order valence-electron chi connectivity index (χ1n) is 13.0. The van der Waals surface area contributed by atoms with E-state index in [1.807, 2.05) is 41.8 Å². The van der Waals surface area contributed by atoms with Gasteiger partial charge in [0.25, 0.3) is 11.8 Å². The van der Waals surface area contributed by atoms with Crippen molar-refractivity contribution in [3.05, 3.63) is 129 Å². The highest BCUT2D eigenvalue weighted by molar-refractivity contribution is 6.31. The first-order valence-corrected chi connectivity index (χ1v) is 13.4. The van der Waals surface area contributed by atoms with Crippen LogP contribution in [0.5, 0.6) is 0 Å². The van der Waals surface area contributed by atoms with Crippen molar-refractivity contribution >= 4 is 29.1 Å². The zero-order valence-corrected chi connectivity index (χ0v) is 23.2. The van der Waals surface area contributed by atoms with E-state index in [9.17, 15) is 19.2 Å². The van der Waals surface area contributed by atoms with Gasteiger partial charge in [0.1, 0.15) is 34.6 Å². The number of hydrogen-bond acceptors (Lipinski definition) is 4. The minimum atomic E-state index is -0.529. The summed E-state index contributed by atoms with van der Waals surface area (Å²) in [5.41, 5.74) is 4.20. The molecule has 2 N–H and O–H groups in total. The van der Waals surface area contributed by atoms with Gasteiger partial charge in [-0.3, -0.25) is 14.0 Å². The van der Waals surface area contributed by atoms with E-state index in [-0.39, 0.29) is 47.5 Å². The van der Waals surface area contributed by atoms with Gasteiger partial charge in [0.15, 0.2) is 0 Å². The molecule has 0 fully saturated rings. The van der Waals surface area contributed by atoms with Gasteiger partial charge >= 0.3 is 0 Å². The molecular weight excluding hydrogens is 555 g/mol. The largest absolute Gasteiger partial charge is 0.350 e. The number of nitrogens with zero attached hydrogens (tertiary/aromatic N) is 4. The molecule has 0 aliphatic rings. The van der Waals surface area contributed by atoms with E-state index in [4.69, 9.17) is 11.6 Å². The molecule has 42 heavy (non-hydrogen) atoms. The molecule has 5 aromatic rings. The molecule has 208 valence electrons. The van der Waals surface area contributed by atoms with Gasteiger partial charge in [0.05, 0.1) is 6.20 Å². The van der Waals surface area contributed by atoms with E-state index >= 15 is 0 Å². The van der Waals surface area contributed by atoms with Crippen LogP contribution in [0, 0.1) is 35.9 Å². The average Bonchev–Trinajstić information content (AvgIpc) is 3.60. The molecule has 0 radical (unpaired) electrons. The standard InChI is InChI=1S/C32H24ClFN6O2/c1-21-8-9-23(17-22(21)10-11-25-19-37-30-7-2-3-15-40(25)30)31(41)36-14-16-39-24(18-35)12-13-29(39)32(42)38-20-26-27(33)5-4-6-28(26)34/h2-9,12-13,15,17,19H,14,16,20H2,1H3,(H,36,41)(H,38,42). The Labute approximate surface area is 246 Å². The lowest BCUT2D eigenvalue weighted by molar-refractivity contribution is 0.0941. The molecule has 0 aliphatic carbocycles. The first-order chi connectivity index (χ1) is 20.4. The van der Waals surface area contributed by atoms with Crippen LogP contribution in [-0.4, -0.2) is 32.3 Å². The highest BCUT2D eigenvalue weighted by Gasteiger charge is 2.17. The second-order valence-electron chi connectivity index (χ2n) is 9.36. The summed E-state index contributed by atoms with van der Waals surface area (Å²) in [5.74, 6) is 4.91. The van der Waals surface area contributed by atoms with Crippen molar-refractivity contribution in [3.8, 4) is 17.9 Å². The Bertz CT molecular complexity index is 1900. The summed E-state index contributed by atoms with van der Waals surface area (Å²) in [6, 6.07) is 20.3. The molecule has 0 saturated carbocycles. The van der Waals surface area contributed by atoms with Crippen LogP contribution < -0.4 is 10.6 Å². The van der Waals surface area contributed by atoms with Gasteiger partial charge in [-0.2, -0.15) is 5.26 Å². The van der Waals surface area contributed by atoms with Crippen LogP contribution in [0.25, 0.3) is 5.65 Å². The SMILES string of the molecule is Cc1ccc(C(=O)NCCn2c(C#N)ccc2C(=O)NCc2c(F)cccc2Cl)cc1C#Cc1cnc2ccccn12. The van der Waals surface area contributed by atoms with Crippen LogP contribution in [0.15, 0.2) is 79.1 Å². The summed E-state index contributed by atoms with van der Waals surface area (Å²) >= 11 is 6.06. The number of nitriles is 1. The molecular formula is C32H24ClFN6O2. The number of rotatable bonds is 7. The summed E-state index contributed by atoms with van der Waals surface area (Å²) in [6.07, 6.45) is 3.59. The molecule has 2 amide bonds. The predicted octanol–water partition coefficient (Wildman–Crippen LogP) is 4.87. The predicted molar refractivity (Wildman–Crippen MR) is 156 cm³/mol. The van der Waals surface area contributed by atoms with Gasteiger partial charge in [0.2, 0.25) is 0 Å². The zero-order valence-electron chi connectivity index (χ0n) is 22.5. The third kappa shape index (κ3) is 6.02. The van der Waals surface area contributed by atoms with Crippen LogP contribution in [0.1, 0.15) is 48.9 Å². The summed E-state index contributed by atoms with van der Waals surface area (Å²) in [6.45, 7) is 2.11. The number of fused-ring (bicyclic) bond motifs is 1. The van der Waals surface area contributed by atoms with Gasteiger partial charge in [-0.25, -0.2) is 9.37 Å². The number of nitrogens with one attached hydrogen (secondary N) is 2. The first kappa shape index (κ1) is 28.2. The zero-order chi connectivity index (χ0) is 29.6. The maximum absolute atomic E-state index is 14.1. The molecule has 8 nitrogen and oxygen atoms in total. The van der Waals surface area contributed by atoms with Gasteiger partial charge in [-0.15, -0.1) is 0 Å². The monoisotopic (exact) mass is 578 g/mol. The molecule has 0 unspecified atom stereocenters. The lowest BCUT2D eigenvalue weighted by Gasteiger charge is -2.13. The van der Waals surface area contributed by atoms with Crippen LogP contribution in [-0.2, 0) is 13.1 Å². The Morgan fingerprint density at radius 2 is 1.86 bits per heavy atom. The molecule has 0 saturated heterocycles. The molecule has 0 bridgehead atoms. The second kappa shape index (κ2) is 12.4. The second-order valence-corrected chi connectivity index (χ2v) is 9.77. The highest BCUT2D eigenvalue weighted by atomic mass is 35.5. The maximum atomic E-state index is 14.1. The molecule has 3 aromatic heterocycles. The summed E-state index contributed by atoms with van der Waals surface area (Å²) in [7, 11) is 0. The van der Waals surface area contributed by atoms with Gasteiger partial charge < -0.3 is 15.2 Å². The number of carbonyl (C=O) groups excluding carboxylic acids is 2. The molecule has 5 rings (SSSR count). The Kier molecular flexibility index (Phi) is 8.33. The minimum absolute atomic E-state index is 0.121. The van der Waals surface area contributed by atoms with Crippen molar-refractivity contribution < 1.29 is 14.0 Å². The van der Waals surface area contributed by atoms with Crippen LogP contribution in [0.2, 0.25) is 5.02 Å². The molecule has 3 heterocycles. The van der Waals surface area contributed by atoms with Crippen molar-refractivity contribution in [1.29, 1.82) is 5.26 Å². The number of imidazole rings is 1. The van der Waals surface area contributed by atoms with Crippen molar-refractivity contribution in [2.75, 3.05) is 6.54 Å². The number of aryl methyl sites for hydroxylation is 1. The molecule has 0 aliphatic heterocycles. The number of benzene rings is 2. The summed E-state index contributed by atoms with van der Waals surface area (Å²) < 4.78 is 17.5. The number of amides is 2. The normalized spacial score (nSPS) is 10.5. The third-order valence-corrected chi connectivity index (χ3v) is 7.03. The van der Waals surface area contributed by atoms with Gasteiger partial charge in [-0.05, 0) is 66.9 Å². The smallest absolute Gasteiger partial charge is 0.268 e. The van der Waals surface area contributed by atoms with Crippen molar-refractivity contribution in [3.63, 3.8) is 0 Å². The van der Waals surface area contributed by atoms with Crippen molar-refractivity contribution in [1.82, 2.24) is 24.6 Å². The Balaban J connectivity index is 1.25. The number of carbonyl (C=O) groups is 2.